The van der Waals surface area contributed by atoms with Gasteiger partial charge >= 0.3 is 0 Å². The Balaban J connectivity index is 0.000000640. The molecule has 45 valence electrons. The first-order chi connectivity index (χ1) is 3.79. The van der Waals surface area contributed by atoms with E-state index in [4.69, 9.17) is 0 Å². The van der Waals surface area contributed by atoms with Crippen molar-refractivity contribution in [1.82, 2.24) is 0 Å². The van der Waals surface area contributed by atoms with Crippen LogP contribution in [0.1, 0.15) is 0 Å². The third kappa shape index (κ3) is 2.66. The fraction of sp³-hybridized carbons (Fsp3) is 0. The van der Waals surface area contributed by atoms with Gasteiger partial charge in [0.15, 0.2) is 11.6 Å². The van der Waals surface area contributed by atoms with Crippen LogP contribution in [0.25, 0.3) is 0 Å². The Morgan fingerprint density at radius 1 is 0.778 bits per heavy atom. The minimum Gasteiger partial charge on any atom is -0.290 e. The van der Waals surface area contributed by atoms with Crippen molar-refractivity contribution in [1.29, 1.82) is 0 Å². The number of carbonyl (C=O) groups excluding carboxylic acids is 2. The Morgan fingerprint density at radius 3 is 1.22 bits per heavy atom. The Hall–Kier alpha value is -0.297. The predicted octanol–water partition coefficient (Wildman–Crippen LogP) is -0.130. The van der Waals surface area contributed by atoms with Crippen LogP contribution in [-0.4, -0.2) is 37.8 Å². The van der Waals surface area contributed by atoms with E-state index in [-0.39, 0.29) is 37.8 Å². The Labute approximate surface area is 71.8 Å². The van der Waals surface area contributed by atoms with Gasteiger partial charge in [-0.2, -0.15) is 0 Å². The minimum atomic E-state index is -0.121. The zero-order valence-corrected chi connectivity index (χ0v) is 8.05. The molecule has 1 aliphatic rings. The second-order valence-corrected chi connectivity index (χ2v) is 1.47. The SMILES string of the molecule is O=C1C=CC(=O)C=C1.[Bi]. The van der Waals surface area contributed by atoms with Crippen molar-refractivity contribution in [3.63, 3.8) is 0 Å². The first-order valence-corrected chi connectivity index (χ1v) is 2.23. The predicted molar refractivity (Wildman–Crippen MR) is 34.0 cm³/mol. The van der Waals surface area contributed by atoms with E-state index in [1.807, 2.05) is 0 Å². The summed E-state index contributed by atoms with van der Waals surface area (Å²) in [5.41, 5.74) is 0. The molecule has 3 heteroatoms. The summed E-state index contributed by atoms with van der Waals surface area (Å²) in [6.07, 6.45) is 5.01. The summed E-state index contributed by atoms with van der Waals surface area (Å²) in [6, 6.07) is 0. The molecular weight excluding hydrogens is 313 g/mol. The first-order valence-electron chi connectivity index (χ1n) is 2.23. The molecule has 0 fully saturated rings. The molecule has 0 N–H and O–H groups in total. The molecule has 0 heterocycles. The molecule has 0 bridgehead atoms. The fourth-order valence-corrected chi connectivity index (χ4v) is 0.440. The molecule has 0 atom stereocenters. The van der Waals surface area contributed by atoms with Gasteiger partial charge in [-0.1, -0.05) is 0 Å². The molecule has 3 radical (unpaired) electrons. The maximum atomic E-state index is 10.3. The van der Waals surface area contributed by atoms with Crippen molar-refractivity contribution >= 4 is 37.8 Å². The maximum absolute atomic E-state index is 10.3. The zero-order valence-electron chi connectivity index (χ0n) is 4.57. The van der Waals surface area contributed by atoms with Crippen molar-refractivity contribution in [2.24, 2.45) is 0 Å². The van der Waals surface area contributed by atoms with Gasteiger partial charge < -0.3 is 0 Å². The summed E-state index contributed by atoms with van der Waals surface area (Å²) < 4.78 is 0. The molecule has 0 amide bonds. The Kier molecular flexibility index (Phi) is 3.55. The van der Waals surface area contributed by atoms with Crippen molar-refractivity contribution in [3.05, 3.63) is 24.3 Å². The summed E-state index contributed by atoms with van der Waals surface area (Å²) in [7, 11) is 0. The van der Waals surface area contributed by atoms with Crippen LogP contribution in [0.4, 0.5) is 0 Å². The molecule has 0 saturated carbocycles. The van der Waals surface area contributed by atoms with E-state index in [9.17, 15) is 9.59 Å². The summed E-state index contributed by atoms with van der Waals surface area (Å²) in [5.74, 6) is -0.241. The summed E-state index contributed by atoms with van der Waals surface area (Å²) in [4.78, 5) is 20.6. The molecule has 0 aliphatic heterocycles. The topological polar surface area (TPSA) is 34.1 Å². The molecule has 2 nitrogen and oxygen atoms in total. The van der Waals surface area contributed by atoms with E-state index in [1.54, 1.807) is 0 Å². The normalized spacial score (nSPS) is 15.6. The average molecular weight is 317 g/mol. The van der Waals surface area contributed by atoms with Crippen LogP contribution in [0.5, 0.6) is 0 Å². The Bertz CT molecular complexity index is 153. The molecule has 0 saturated heterocycles. The monoisotopic (exact) mass is 317 g/mol. The van der Waals surface area contributed by atoms with Gasteiger partial charge in [-0.3, -0.25) is 9.59 Å². The second-order valence-electron chi connectivity index (χ2n) is 1.47. The average Bonchev–Trinajstić information content (AvgIpc) is 1.77. The van der Waals surface area contributed by atoms with Crippen LogP contribution in [0, 0.1) is 0 Å². The molecule has 9 heavy (non-hydrogen) atoms. The van der Waals surface area contributed by atoms with Gasteiger partial charge in [0.2, 0.25) is 0 Å². The van der Waals surface area contributed by atoms with Gasteiger partial charge in [-0.25, -0.2) is 0 Å². The van der Waals surface area contributed by atoms with E-state index < -0.39 is 0 Å². The third-order valence-corrected chi connectivity index (χ3v) is 0.824. The second kappa shape index (κ2) is 3.68. The number of hydrogen-bond donors (Lipinski definition) is 0. The quantitative estimate of drug-likeness (QED) is 0.461. The van der Waals surface area contributed by atoms with E-state index in [2.05, 4.69) is 0 Å². The molecule has 0 unspecified atom stereocenters. The first kappa shape index (κ1) is 8.70. The third-order valence-electron chi connectivity index (χ3n) is 0.824. The standard InChI is InChI=1S/C6H4O2.Bi/c7-5-1-2-6(8)4-3-5;/h1-4H;. The largest absolute Gasteiger partial charge is 0.290 e. The van der Waals surface area contributed by atoms with Crippen molar-refractivity contribution in [2.45, 2.75) is 0 Å². The number of allylic oxidation sites excluding steroid dienone is 4. The molecule has 0 aromatic heterocycles. The van der Waals surface area contributed by atoms with E-state index in [1.165, 1.54) is 24.3 Å². The maximum Gasteiger partial charge on any atom is 0.178 e. The van der Waals surface area contributed by atoms with E-state index in [0.717, 1.165) is 0 Å². The summed E-state index contributed by atoms with van der Waals surface area (Å²) in [5, 5.41) is 0. The van der Waals surface area contributed by atoms with Crippen molar-refractivity contribution in [2.75, 3.05) is 0 Å². The van der Waals surface area contributed by atoms with Crippen LogP contribution in [-0.2, 0) is 9.59 Å². The van der Waals surface area contributed by atoms with Crippen LogP contribution >= 0.6 is 0 Å². The molecule has 0 aromatic carbocycles. The summed E-state index contributed by atoms with van der Waals surface area (Å²) in [6.45, 7) is 0. The smallest absolute Gasteiger partial charge is 0.178 e. The van der Waals surface area contributed by atoms with E-state index >= 15 is 0 Å². The molecule has 1 aliphatic carbocycles. The minimum absolute atomic E-state index is 0. The van der Waals surface area contributed by atoms with Gasteiger partial charge in [0.05, 0.1) is 0 Å². The van der Waals surface area contributed by atoms with Crippen molar-refractivity contribution < 1.29 is 9.59 Å². The molecule has 1 rings (SSSR count). The number of hydrogen-bond acceptors (Lipinski definition) is 2. The van der Waals surface area contributed by atoms with Crippen LogP contribution < -0.4 is 0 Å². The van der Waals surface area contributed by atoms with Gasteiger partial charge in [0.25, 0.3) is 0 Å². The number of rotatable bonds is 0. The molecule has 0 aromatic rings. The van der Waals surface area contributed by atoms with Gasteiger partial charge in [0.1, 0.15) is 0 Å². The number of ketones is 2. The fourth-order valence-electron chi connectivity index (χ4n) is 0.440. The zero-order chi connectivity index (χ0) is 5.98. The van der Waals surface area contributed by atoms with Gasteiger partial charge in [-0.15, -0.1) is 0 Å². The van der Waals surface area contributed by atoms with Gasteiger partial charge in [0, 0.05) is 26.2 Å². The molecular formula is C6H4BiO2. The summed E-state index contributed by atoms with van der Waals surface area (Å²) >= 11 is 0. The van der Waals surface area contributed by atoms with Crippen LogP contribution in [0.3, 0.4) is 0 Å². The molecule has 0 spiro atoms. The van der Waals surface area contributed by atoms with Crippen LogP contribution in [0.15, 0.2) is 24.3 Å². The van der Waals surface area contributed by atoms with Gasteiger partial charge in [-0.05, 0) is 24.3 Å². The number of carbonyl (C=O) groups is 2. The van der Waals surface area contributed by atoms with Crippen LogP contribution in [0.2, 0.25) is 0 Å². The Morgan fingerprint density at radius 2 is 1.00 bits per heavy atom. The van der Waals surface area contributed by atoms with E-state index in [0.29, 0.717) is 0 Å². The van der Waals surface area contributed by atoms with Crippen molar-refractivity contribution in [3.8, 4) is 0 Å².